The Morgan fingerprint density at radius 3 is 2.52 bits per heavy atom. The highest BCUT2D eigenvalue weighted by Gasteiger charge is 2.18. The molecule has 2 N–H and O–H groups in total. The Hall–Kier alpha value is -1.15. The molecule has 1 aromatic rings. The Kier molecular flexibility index (Phi) is 7.66. The highest BCUT2D eigenvalue weighted by atomic mass is 32.2. The summed E-state index contributed by atoms with van der Waals surface area (Å²) in [4.78, 5) is 0.246. The van der Waals surface area contributed by atoms with Crippen LogP contribution in [0.1, 0.15) is 13.8 Å². The molecule has 7 heteroatoms. The summed E-state index contributed by atoms with van der Waals surface area (Å²) in [5, 5.41) is 3.08. The molecular formula is C14H24N2O4S. The van der Waals surface area contributed by atoms with Gasteiger partial charge in [0.15, 0.2) is 0 Å². The maximum absolute atomic E-state index is 12.2. The summed E-state index contributed by atoms with van der Waals surface area (Å²) < 4.78 is 37.3. The van der Waals surface area contributed by atoms with Crippen LogP contribution in [-0.4, -0.2) is 47.9 Å². The molecule has 0 saturated carbocycles. The van der Waals surface area contributed by atoms with Crippen molar-refractivity contribution in [3.8, 4) is 0 Å². The monoisotopic (exact) mass is 316 g/mol. The van der Waals surface area contributed by atoms with Crippen LogP contribution in [0.5, 0.6) is 0 Å². The molecule has 1 rings (SSSR count). The zero-order chi connectivity index (χ0) is 15.7. The summed E-state index contributed by atoms with van der Waals surface area (Å²) in [6.07, 6.45) is 0. The fourth-order valence-corrected chi connectivity index (χ4v) is 3.16. The Balaban J connectivity index is 2.63. The summed E-state index contributed by atoms with van der Waals surface area (Å²) in [5.74, 6) is 0. The van der Waals surface area contributed by atoms with Gasteiger partial charge < -0.3 is 14.8 Å². The largest absolute Gasteiger partial charge is 0.382 e. The molecule has 0 aliphatic rings. The Labute approximate surface area is 126 Å². The number of benzene rings is 1. The molecule has 21 heavy (non-hydrogen) atoms. The van der Waals surface area contributed by atoms with Crippen molar-refractivity contribution >= 4 is 15.7 Å². The highest BCUT2D eigenvalue weighted by Crippen LogP contribution is 2.20. The molecule has 0 amide bonds. The van der Waals surface area contributed by atoms with Gasteiger partial charge in [0.1, 0.15) is 4.90 Å². The smallest absolute Gasteiger partial charge is 0.242 e. The number of anilines is 1. The predicted octanol–water partition coefficient (Wildman–Crippen LogP) is 1.45. The topological polar surface area (TPSA) is 76.7 Å². The van der Waals surface area contributed by atoms with E-state index in [9.17, 15) is 8.42 Å². The minimum absolute atomic E-state index is 0.152. The lowest BCUT2D eigenvalue weighted by atomic mass is 10.3. The van der Waals surface area contributed by atoms with Crippen molar-refractivity contribution in [3.63, 3.8) is 0 Å². The van der Waals surface area contributed by atoms with Crippen molar-refractivity contribution in [1.82, 2.24) is 4.72 Å². The normalized spacial score (nSPS) is 11.8. The molecule has 0 aromatic heterocycles. The number of hydrogen-bond donors (Lipinski definition) is 2. The van der Waals surface area contributed by atoms with Crippen LogP contribution < -0.4 is 10.0 Å². The first-order valence-electron chi connectivity index (χ1n) is 6.89. The van der Waals surface area contributed by atoms with E-state index in [1.807, 2.05) is 0 Å². The van der Waals surface area contributed by atoms with E-state index in [2.05, 4.69) is 10.0 Å². The standard InChI is InChI=1S/C14H24N2O4S/c1-12(2)16-21(17,18)14-7-5-4-6-13(14)15-8-9-20-11-10-19-3/h4-7,12,15-16H,8-11H2,1-3H3. The minimum atomic E-state index is -3.51. The molecule has 0 aliphatic heterocycles. The first-order valence-corrected chi connectivity index (χ1v) is 8.37. The molecule has 0 unspecified atom stereocenters. The van der Waals surface area contributed by atoms with Gasteiger partial charge in [-0.2, -0.15) is 0 Å². The quantitative estimate of drug-likeness (QED) is 0.639. The highest BCUT2D eigenvalue weighted by molar-refractivity contribution is 7.89. The average molecular weight is 316 g/mol. The number of sulfonamides is 1. The van der Waals surface area contributed by atoms with Gasteiger partial charge in [-0.1, -0.05) is 12.1 Å². The summed E-state index contributed by atoms with van der Waals surface area (Å²) in [6.45, 7) is 5.65. The lowest BCUT2D eigenvalue weighted by molar-refractivity contribution is 0.0759. The molecule has 0 radical (unpaired) electrons. The van der Waals surface area contributed by atoms with Gasteiger partial charge in [-0.05, 0) is 26.0 Å². The van der Waals surface area contributed by atoms with Crippen molar-refractivity contribution in [1.29, 1.82) is 0 Å². The molecule has 6 nitrogen and oxygen atoms in total. The molecule has 0 saturated heterocycles. The molecule has 0 atom stereocenters. The fourth-order valence-electron chi connectivity index (χ4n) is 1.72. The van der Waals surface area contributed by atoms with E-state index < -0.39 is 10.0 Å². The van der Waals surface area contributed by atoms with E-state index in [1.165, 1.54) is 0 Å². The average Bonchev–Trinajstić information content (AvgIpc) is 2.41. The van der Waals surface area contributed by atoms with E-state index in [4.69, 9.17) is 9.47 Å². The second-order valence-electron chi connectivity index (χ2n) is 4.80. The number of hydrogen-bond acceptors (Lipinski definition) is 5. The predicted molar refractivity (Wildman–Crippen MR) is 83.1 cm³/mol. The number of rotatable bonds is 10. The van der Waals surface area contributed by atoms with Crippen LogP contribution in [0.4, 0.5) is 5.69 Å². The zero-order valence-electron chi connectivity index (χ0n) is 12.8. The Bertz CT molecular complexity index is 517. The lowest BCUT2D eigenvalue weighted by Gasteiger charge is -2.14. The fraction of sp³-hybridized carbons (Fsp3) is 0.571. The van der Waals surface area contributed by atoms with E-state index >= 15 is 0 Å². The van der Waals surface area contributed by atoms with E-state index in [-0.39, 0.29) is 10.9 Å². The van der Waals surface area contributed by atoms with Crippen molar-refractivity contribution in [3.05, 3.63) is 24.3 Å². The van der Waals surface area contributed by atoms with E-state index in [1.54, 1.807) is 45.2 Å². The van der Waals surface area contributed by atoms with Crippen molar-refractivity contribution in [2.75, 3.05) is 38.8 Å². The molecule has 0 heterocycles. The molecule has 1 aromatic carbocycles. The van der Waals surface area contributed by atoms with E-state index in [0.29, 0.717) is 32.1 Å². The van der Waals surface area contributed by atoms with Gasteiger partial charge in [0.25, 0.3) is 0 Å². The summed E-state index contributed by atoms with van der Waals surface area (Å²) in [5.41, 5.74) is 0.570. The van der Waals surface area contributed by atoms with Gasteiger partial charge in [-0.3, -0.25) is 0 Å². The Morgan fingerprint density at radius 2 is 1.86 bits per heavy atom. The second kappa shape index (κ2) is 8.99. The van der Waals surface area contributed by atoms with Gasteiger partial charge in [-0.25, -0.2) is 13.1 Å². The molecule has 120 valence electrons. The first-order chi connectivity index (χ1) is 9.97. The van der Waals surface area contributed by atoms with Crippen LogP contribution in [0.25, 0.3) is 0 Å². The zero-order valence-corrected chi connectivity index (χ0v) is 13.6. The number of para-hydroxylation sites is 1. The lowest BCUT2D eigenvalue weighted by Crippen LogP contribution is -2.31. The van der Waals surface area contributed by atoms with E-state index in [0.717, 1.165) is 0 Å². The number of ether oxygens (including phenoxy) is 2. The summed E-state index contributed by atoms with van der Waals surface area (Å²) in [7, 11) is -1.90. The maximum Gasteiger partial charge on any atom is 0.242 e. The Morgan fingerprint density at radius 1 is 1.14 bits per heavy atom. The third-order valence-corrected chi connectivity index (χ3v) is 4.28. The molecule has 0 aliphatic carbocycles. The van der Waals surface area contributed by atoms with Crippen LogP contribution in [0.3, 0.4) is 0 Å². The molecule has 0 spiro atoms. The van der Waals surface area contributed by atoms with Crippen LogP contribution >= 0.6 is 0 Å². The van der Waals surface area contributed by atoms with Crippen molar-refractivity contribution < 1.29 is 17.9 Å². The summed E-state index contributed by atoms with van der Waals surface area (Å²) in [6, 6.07) is 6.67. The van der Waals surface area contributed by atoms with Gasteiger partial charge in [0.2, 0.25) is 10.0 Å². The SMILES string of the molecule is COCCOCCNc1ccccc1S(=O)(=O)NC(C)C. The van der Waals surface area contributed by atoms with Gasteiger partial charge in [-0.15, -0.1) is 0 Å². The third kappa shape index (κ3) is 6.43. The molecule has 0 bridgehead atoms. The van der Waals surface area contributed by atoms with Crippen LogP contribution in [0.15, 0.2) is 29.2 Å². The van der Waals surface area contributed by atoms with Gasteiger partial charge in [0.05, 0.1) is 25.5 Å². The second-order valence-corrected chi connectivity index (χ2v) is 6.49. The minimum Gasteiger partial charge on any atom is -0.382 e. The van der Waals surface area contributed by atoms with Gasteiger partial charge in [0, 0.05) is 19.7 Å². The molecular weight excluding hydrogens is 292 g/mol. The number of nitrogens with one attached hydrogen (secondary N) is 2. The van der Waals surface area contributed by atoms with Gasteiger partial charge >= 0.3 is 0 Å². The van der Waals surface area contributed by atoms with Crippen LogP contribution in [-0.2, 0) is 19.5 Å². The first kappa shape index (κ1) is 17.9. The molecule has 0 fully saturated rings. The summed E-state index contributed by atoms with van der Waals surface area (Å²) >= 11 is 0. The van der Waals surface area contributed by atoms with Crippen molar-refractivity contribution in [2.45, 2.75) is 24.8 Å². The van der Waals surface area contributed by atoms with Crippen molar-refractivity contribution in [2.24, 2.45) is 0 Å². The van der Waals surface area contributed by atoms with Crippen LogP contribution in [0.2, 0.25) is 0 Å². The maximum atomic E-state index is 12.2. The third-order valence-electron chi connectivity index (χ3n) is 2.56. The number of methoxy groups -OCH3 is 1. The van der Waals surface area contributed by atoms with Crippen LogP contribution in [0, 0.1) is 0 Å².